The van der Waals surface area contributed by atoms with Gasteiger partial charge in [-0.05, 0) is 62.3 Å². The molecule has 1 N–H and O–H groups in total. The maximum atomic E-state index is 14.1. The molecule has 0 unspecified atom stereocenters. The van der Waals surface area contributed by atoms with Crippen molar-refractivity contribution in [1.29, 1.82) is 0 Å². The van der Waals surface area contributed by atoms with Gasteiger partial charge in [0.2, 0.25) is 0 Å². The summed E-state index contributed by atoms with van der Waals surface area (Å²) in [5, 5.41) is 10.9. The largest absolute Gasteiger partial charge is 0.494 e. The number of aliphatic hydroxyl groups is 1. The molecule has 1 aromatic carbocycles. The van der Waals surface area contributed by atoms with Crippen LogP contribution in [0.1, 0.15) is 42.1 Å². The molecule has 1 aromatic heterocycles. The smallest absolute Gasteiger partial charge is 0.430 e. The van der Waals surface area contributed by atoms with Crippen LogP contribution in [-0.2, 0) is 10.4 Å². The summed E-state index contributed by atoms with van der Waals surface area (Å²) in [5.41, 5.74) is -3.86. The highest BCUT2D eigenvalue weighted by atomic mass is 35.5. The number of nitrogens with zero attached hydrogens (tertiary/aromatic N) is 4. The Labute approximate surface area is 236 Å². The third kappa shape index (κ3) is 6.00. The van der Waals surface area contributed by atoms with Gasteiger partial charge >= 0.3 is 6.18 Å². The number of ether oxygens (including phenoxy) is 1. The number of amides is 2. The first-order valence-electron chi connectivity index (χ1n) is 13.3. The molecular formula is C28H34ClF3N4O4. The van der Waals surface area contributed by atoms with E-state index in [0.717, 1.165) is 49.4 Å². The average Bonchev–Trinajstić information content (AvgIpc) is 2.89. The van der Waals surface area contributed by atoms with E-state index in [9.17, 15) is 27.9 Å². The molecule has 8 nitrogen and oxygen atoms in total. The normalized spacial score (nSPS) is 18.2. The summed E-state index contributed by atoms with van der Waals surface area (Å²) in [5.74, 6) is -0.315. The first-order chi connectivity index (χ1) is 18.8. The van der Waals surface area contributed by atoms with Crippen LogP contribution in [-0.4, -0.2) is 84.8 Å². The number of aromatic nitrogens is 1. The predicted octanol–water partition coefficient (Wildman–Crippen LogP) is 4.35. The quantitative estimate of drug-likeness (QED) is 0.466. The minimum Gasteiger partial charge on any atom is -0.494 e. The standard InChI is InChI=1S/C28H34ClF3N4O4/c1-4-40-21-7-5-6-20(15-21)27(39,28(30,31)32)26(38)36-16-19(17-36)14-18-10-12-35(13-11-18)23-9-8-22(24(29)33-23)25(37)34(2)3/h5-9,15,18-19,39H,4,10-14,16-17H2,1-3H3/t27-/m1/s1. The van der Waals surface area contributed by atoms with Crippen molar-refractivity contribution in [2.24, 2.45) is 11.8 Å². The molecule has 2 aliphatic heterocycles. The highest BCUT2D eigenvalue weighted by Gasteiger charge is 2.63. The van der Waals surface area contributed by atoms with E-state index in [1.54, 1.807) is 33.2 Å². The maximum Gasteiger partial charge on any atom is 0.430 e. The maximum absolute atomic E-state index is 14.1. The molecular weight excluding hydrogens is 549 g/mol. The second kappa shape index (κ2) is 11.8. The average molecular weight is 583 g/mol. The van der Waals surface area contributed by atoms with Crippen LogP contribution in [0.5, 0.6) is 5.75 Å². The van der Waals surface area contributed by atoms with Crippen LogP contribution < -0.4 is 9.64 Å². The van der Waals surface area contributed by atoms with E-state index in [-0.39, 0.29) is 42.4 Å². The van der Waals surface area contributed by atoms with Crippen molar-refractivity contribution in [3.63, 3.8) is 0 Å². The lowest BCUT2D eigenvalue weighted by molar-refractivity contribution is -0.264. The summed E-state index contributed by atoms with van der Waals surface area (Å²) in [6.07, 6.45) is -2.69. The van der Waals surface area contributed by atoms with Crippen molar-refractivity contribution in [3.8, 4) is 5.75 Å². The second-order valence-corrected chi connectivity index (χ2v) is 11.0. The highest BCUT2D eigenvalue weighted by molar-refractivity contribution is 6.32. The van der Waals surface area contributed by atoms with E-state index in [0.29, 0.717) is 17.3 Å². The Morgan fingerprint density at radius 3 is 2.38 bits per heavy atom. The van der Waals surface area contributed by atoms with Gasteiger partial charge in [0.15, 0.2) is 0 Å². The molecule has 3 heterocycles. The number of piperidine rings is 1. The summed E-state index contributed by atoms with van der Waals surface area (Å²) in [6, 6.07) is 8.42. The Morgan fingerprint density at radius 1 is 1.12 bits per heavy atom. The van der Waals surface area contributed by atoms with Crippen LogP contribution in [0.4, 0.5) is 19.0 Å². The highest BCUT2D eigenvalue weighted by Crippen LogP contribution is 2.43. The van der Waals surface area contributed by atoms with Gasteiger partial charge in [0, 0.05) is 45.8 Å². The van der Waals surface area contributed by atoms with Gasteiger partial charge in [-0.1, -0.05) is 23.7 Å². The fraction of sp³-hybridized carbons (Fsp3) is 0.536. The predicted molar refractivity (Wildman–Crippen MR) is 144 cm³/mol. The van der Waals surface area contributed by atoms with E-state index in [2.05, 4.69) is 9.88 Å². The van der Waals surface area contributed by atoms with Gasteiger partial charge in [0.25, 0.3) is 17.4 Å². The van der Waals surface area contributed by atoms with Crippen molar-refractivity contribution in [2.75, 3.05) is 51.8 Å². The molecule has 0 bridgehead atoms. The van der Waals surface area contributed by atoms with Crippen molar-refractivity contribution in [2.45, 2.75) is 38.0 Å². The lowest BCUT2D eigenvalue weighted by atomic mass is 9.82. The van der Waals surface area contributed by atoms with Crippen molar-refractivity contribution in [3.05, 3.63) is 52.7 Å². The molecule has 40 heavy (non-hydrogen) atoms. The summed E-state index contributed by atoms with van der Waals surface area (Å²) in [7, 11) is 3.29. The van der Waals surface area contributed by atoms with Gasteiger partial charge in [-0.3, -0.25) is 9.59 Å². The lowest BCUT2D eigenvalue weighted by Crippen LogP contribution is -2.61. The fourth-order valence-electron chi connectivity index (χ4n) is 5.37. The number of hydrogen-bond donors (Lipinski definition) is 1. The SMILES string of the molecule is CCOc1cccc([C@@](O)(C(=O)N2CC(CC3CCN(c4ccc(C(=O)N(C)C)c(Cl)n4)CC3)C2)C(F)(F)F)c1. The Hall–Kier alpha value is -3.05. The van der Waals surface area contributed by atoms with Gasteiger partial charge in [-0.25, -0.2) is 4.98 Å². The Balaban J connectivity index is 1.32. The molecule has 12 heteroatoms. The lowest BCUT2D eigenvalue weighted by Gasteiger charge is -2.45. The zero-order valence-electron chi connectivity index (χ0n) is 22.7. The monoisotopic (exact) mass is 582 g/mol. The van der Waals surface area contributed by atoms with Crippen molar-refractivity contribution < 1.29 is 32.6 Å². The number of anilines is 1. The van der Waals surface area contributed by atoms with Crippen LogP contribution >= 0.6 is 11.6 Å². The molecule has 0 aliphatic carbocycles. The molecule has 2 aliphatic rings. The number of likely N-dealkylation sites (tertiary alicyclic amines) is 1. The first-order valence-corrected chi connectivity index (χ1v) is 13.7. The van der Waals surface area contributed by atoms with E-state index in [4.69, 9.17) is 16.3 Å². The number of halogens is 4. The zero-order chi connectivity index (χ0) is 29.2. The van der Waals surface area contributed by atoms with Gasteiger partial charge in [0.05, 0.1) is 12.2 Å². The van der Waals surface area contributed by atoms with E-state index in [1.807, 2.05) is 0 Å². The third-order valence-electron chi connectivity index (χ3n) is 7.60. The minimum atomic E-state index is -5.19. The third-order valence-corrected chi connectivity index (χ3v) is 7.89. The summed E-state index contributed by atoms with van der Waals surface area (Å²) >= 11 is 6.26. The molecule has 0 spiro atoms. The summed E-state index contributed by atoms with van der Waals surface area (Å²) in [6.45, 7) is 3.73. The topological polar surface area (TPSA) is 86.2 Å². The molecule has 2 aromatic rings. The first kappa shape index (κ1) is 29.9. The number of pyridine rings is 1. The second-order valence-electron chi connectivity index (χ2n) is 10.6. The number of carbonyl (C=O) groups excluding carboxylic acids is 2. The van der Waals surface area contributed by atoms with E-state index >= 15 is 0 Å². The molecule has 0 radical (unpaired) electrons. The molecule has 1 atom stereocenters. The van der Waals surface area contributed by atoms with Gasteiger partial charge < -0.3 is 24.5 Å². The number of hydrogen-bond acceptors (Lipinski definition) is 6. The van der Waals surface area contributed by atoms with Gasteiger partial charge in [-0.2, -0.15) is 13.2 Å². The Kier molecular flexibility index (Phi) is 8.84. The van der Waals surface area contributed by atoms with Crippen LogP contribution in [0.15, 0.2) is 36.4 Å². The minimum absolute atomic E-state index is 0.0663. The van der Waals surface area contributed by atoms with Crippen LogP contribution in [0, 0.1) is 11.8 Å². The van der Waals surface area contributed by atoms with Gasteiger partial charge in [0.1, 0.15) is 16.7 Å². The Morgan fingerprint density at radius 2 is 1.80 bits per heavy atom. The Bertz CT molecular complexity index is 1230. The molecule has 2 fully saturated rings. The van der Waals surface area contributed by atoms with Crippen molar-refractivity contribution >= 4 is 29.2 Å². The van der Waals surface area contributed by atoms with Crippen LogP contribution in [0.3, 0.4) is 0 Å². The van der Waals surface area contributed by atoms with E-state index < -0.39 is 23.2 Å². The molecule has 2 saturated heterocycles. The summed E-state index contributed by atoms with van der Waals surface area (Å²) in [4.78, 5) is 34.2. The van der Waals surface area contributed by atoms with Gasteiger partial charge in [-0.15, -0.1) is 0 Å². The number of alkyl halides is 3. The molecule has 0 saturated carbocycles. The fourth-order valence-corrected chi connectivity index (χ4v) is 5.60. The molecule has 4 rings (SSSR count). The summed E-state index contributed by atoms with van der Waals surface area (Å²) < 4.78 is 47.5. The number of rotatable bonds is 8. The number of benzene rings is 1. The van der Waals surface area contributed by atoms with E-state index in [1.165, 1.54) is 17.0 Å². The van der Waals surface area contributed by atoms with Crippen molar-refractivity contribution in [1.82, 2.24) is 14.8 Å². The number of carbonyl (C=O) groups is 2. The zero-order valence-corrected chi connectivity index (χ0v) is 23.5. The van der Waals surface area contributed by atoms with Crippen LogP contribution in [0.2, 0.25) is 5.15 Å². The molecule has 218 valence electrons. The van der Waals surface area contributed by atoms with Crippen LogP contribution in [0.25, 0.3) is 0 Å². The molecule has 2 amide bonds.